The van der Waals surface area contributed by atoms with E-state index >= 15 is 0 Å². The number of aryl methyl sites for hydroxylation is 1. The molecule has 0 amide bonds. The number of benzene rings is 2. The van der Waals surface area contributed by atoms with Crippen LogP contribution in [0.1, 0.15) is 30.9 Å². The molecular weight excluding hydrogens is 296 g/mol. The highest BCUT2D eigenvalue weighted by molar-refractivity contribution is 6.31. The van der Waals surface area contributed by atoms with Gasteiger partial charge in [-0.3, -0.25) is 0 Å². The topological polar surface area (TPSA) is 38.1 Å². The SMILES string of the molecule is CCCCc1ccc(CNc2noc3cc(Cl)ccc23)cc1. The fourth-order valence-corrected chi connectivity index (χ4v) is 2.59. The first kappa shape index (κ1) is 14.9. The van der Waals surface area contributed by atoms with Gasteiger partial charge >= 0.3 is 0 Å². The van der Waals surface area contributed by atoms with Crippen LogP contribution in [0.15, 0.2) is 47.0 Å². The van der Waals surface area contributed by atoms with Gasteiger partial charge in [-0.2, -0.15) is 0 Å². The normalized spacial score (nSPS) is 11.0. The van der Waals surface area contributed by atoms with Crippen molar-refractivity contribution in [3.8, 4) is 0 Å². The summed E-state index contributed by atoms with van der Waals surface area (Å²) < 4.78 is 5.28. The van der Waals surface area contributed by atoms with Gasteiger partial charge < -0.3 is 9.84 Å². The van der Waals surface area contributed by atoms with Crippen LogP contribution >= 0.6 is 11.6 Å². The van der Waals surface area contributed by atoms with Gasteiger partial charge in [-0.05, 0) is 36.1 Å². The monoisotopic (exact) mass is 314 g/mol. The van der Waals surface area contributed by atoms with Crippen molar-refractivity contribution in [2.24, 2.45) is 0 Å². The lowest BCUT2D eigenvalue weighted by molar-refractivity contribution is 0.459. The molecule has 0 aliphatic carbocycles. The molecule has 114 valence electrons. The van der Waals surface area contributed by atoms with Crippen LogP contribution in [0.3, 0.4) is 0 Å². The molecule has 4 heteroatoms. The van der Waals surface area contributed by atoms with Gasteiger partial charge in [0.25, 0.3) is 0 Å². The largest absolute Gasteiger partial charge is 0.363 e. The lowest BCUT2D eigenvalue weighted by Gasteiger charge is -2.05. The summed E-state index contributed by atoms with van der Waals surface area (Å²) in [6.07, 6.45) is 3.62. The molecular formula is C18H19ClN2O. The lowest BCUT2D eigenvalue weighted by atomic mass is 10.1. The third-order valence-corrected chi connectivity index (χ3v) is 3.97. The van der Waals surface area contributed by atoms with E-state index < -0.39 is 0 Å². The molecule has 0 unspecified atom stereocenters. The van der Waals surface area contributed by atoms with Crippen molar-refractivity contribution in [3.63, 3.8) is 0 Å². The van der Waals surface area contributed by atoms with Gasteiger partial charge in [0.2, 0.25) is 0 Å². The van der Waals surface area contributed by atoms with Crippen LogP contribution in [-0.4, -0.2) is 5.16 Å². The van der Waals surface area contributed by atoms with Crippen LogP contribution < -0.4 is 5.32 Å². The maximum absolute atomic E-state index is 5.94. The number of anilines is 1. The van der Waals surface area contributed by atoms with E-state index in [0.717, 1.165) is 24.2 Å². The number of hydrogen-bond donors (Lipinski definition) is 1. The van der Waals surface area contributed by atoms with Gasteiger partial charge in [0.05, 0.1) is 5.39 Å². The minimum atomic E-state index is 0.651. The second kappa shape index (κ2) is 6.84. The fourth-order valence-electron chi connectivity index (χ4n) is 2.43. The fraction of sp³-hybridized carbons (Fsp3) is 0.278. The molecule has 2 aromatic carbocycles. The van der Waals surface area contributed by atoms with E-state index in [2.05, 4.69) is 41.7 Å². The first-order valence-corrected chi connectivity index (χ1v) is 8.00. The second-order valence-electron chi connectivity index (χ2n) is 5.45. The average molecular weight is 315 g/mol. The number of halogens is 1. The summed E-state index contributed by atoms with van der Waals surface area (Å²) >= 11 is 5.94. The third-order valence-electron chi connectivity index (χ3n) is 3.74. The molecule has 3 nitrogen and oxygen atoms in total. The number of unbranched alkanes of at least 4 members (excludes halogenated alkanes) is 1. The zero-order chi connectivity index (χ0) is 15.4. The summed E-state index contributed by atoms with van der Waals surface area (Å²) in [5.74, 6) is 0.752. The Kier molecular flexibility index (Phi) is 4.64. The standard InChI is InChI=1S/C18H19ClN2O/c1-2-3-4-13-5-7-14(8-6-13)12-20-18-16-10-9-15(19)11-17(16)22-21-18/h5-11H,2-4,12H2,1H3,(H,20,21). The summed E-state index contributed by atoms with van der Waals surface area (Å²) in [7, 11) is 0. The molecule has 3 aromatic rings. The molecule has 0 aliphatic rings. The Morgan fingerprint density at radius 3 is 2.64 bits per heavy atom. The Morgan fingerprint density at radius 1 is 1.09 bits per heavy atom. The van der Waals surface area contributed by atoms with Crippen molar-refractivity contribution in [1.82, 2.24) is 5.16 Å². The number of nitrogens with one attached hydrogen (secondary N) is 1. The van der Waals surface area contributed by atoms with Crippen LogP contribution in [0.2, 0.25) is 5.02 Å². The van der Waals surface area contributed by atoms with E-state index in [-0.39, 0.29) is 0 Å². The Bertz CT molecular complexity index is 749. The Morgan fingerprint density at radius 2 is 1.86 bits per heavy atom. The van der Waals surface area contributed by atoms with Crippen molar-refractivity contribution < 1.29 is 4.52 Å². The van der Waals surface area contributed by atoms with Gasteiger partial charge in [0, 0.05) is 17.6 Å². The van der Waals surface area contributed by atoms with Crippen LogP contribution in [0.5, 0.6) is 0 Å². The highest BCUT2D eigenvalue weighted by atomic mass is 35.5. The van der Waals surface area contributed by atoms with Crippen LogP contribution in [-0.2, 0) is 13.0 Å². The summed E-state index contributed by atoms with van der Waals surface area (Å²) in [5.41, 5.74) is 3.32. The number of nitrogens with zero attached hydrogens (tertiary/aromatic N) is 1. The van der Waals surface area contributed by atoms with Gasteiger partial charge in [-0.15, -0.1) is 0 Å². The lowest BCUT2D eigenvalue weighted by Crippen LogP contribution is -2.00. The van der Waals surface area contributed by atoms with Gasteiger partial charge in [-0.25, -0.2) is 0 Å². The Balaban J connectivity index is 1.66. The predicted molar refractivity (Wildman–Crippen MR) is 91.4 cm³/mol. The highest BCUT2D eigenvalue weighted by Crippen LogP contribution is 2.26. The minimum absolute atomic E-state index is 0.651. The quantitative estimate of drug-likeness (QED) is 0.658. The zero-order valence-electron chi connectivity index (χ0n) is 12.6. The molecule has 1 aromatic heterocycles. The third kappa shape index (κ3) is 3.42. The number of aromatic nitrogens is 1. The molecule has 22 heavy (non-hydrogen) atoms. The van der Waals surface area contributed by atoms with Crippen LogP contribution in [0.25, 0.3) is 11.0 Å². The summed E-state index contributed by atoms with van der Waals surface area (Å²) in [6.45, 7) is 2.94. The molecule has 0 bridgehead atoms. The van der Waals surface area contributed by atoms with Crippen LogP contribution in [0.4, 0.5) is 5.82 Å². The van der Waals surface area contributed by atoms with E-state index in [1.807, 2.05) is 12.1 Å². The van der Waals surface area contributed by atoms with Gasteiger partial charge in [0.15, 0.2) is 11.4 Å². The van der Waals surface area contributed by atoms with Crippen molar-refractivity contribution in [3.05, 3.63) is 58.6 Å². The average Bonchev–Trinajstić information content (AvgIpc) is 2.94. The maximum Gasteiger partial charge on any atom is 0.177 e. The first-order chi connectivity index (χ1) is 10.8. The van der Waals surface area contributed by atoms with E-state index in [9.17, 15) is 0 Å². The molecule has 0 radical (unpaired) electrons. The molecule has 0 atom stereocenters. The zero-order valence-corrected chi connectivity index (χ0v) is 13.4. The Labute approximate surface area is 135 Å². The molecule has 3 rings (SSSR count). The Hall–Kier alpha value is -2.00. The van der Waals surface area contributed by atoms with Gasteiger partial charge in [-0.1, -0.05) is 54.4 Å². The summed E-state index contributed by atoms with van der Waals surface area (Å²) in [4.78, 5) is 0. The number of fused-ring (bicyclic) bond motifs is 1. The highest BCUT2D eigenvalue weighted by Gasteiger charge is 2.08. The number of rotatable bonds is 6. The maximum atomic E-state index is 5.94. The molecule has 1 heterocycles. The van der Waals surface area contributed by atoms with Crippen LogP contribution in [0, 0.1) is 0 Å². The van der Waals surface area contributed by atoms with Crippen molar-refractivity contribution in [2.75, 3.05) is 5.32 Å². The molecule has 1 N–H and O–H groups in total. The van der Waals surface area contributed by atoms with Crippen molar-refractivity contribution in [2.45, 2.75) is 32.7 Å². The predicted octanol–water partition coefficient (Wildman–Crippen LogP) is 5.44. The minimum Gasteiger partial charge on any atom is -0.363 e. The molecule has 0 saturated carbocycles. The molecule has 0 fully saturated rings. The van der Waals surface area contributed by atoms with E-state index in [1.165, 1.54) is 24.0 Å². The smallest absolute Gasteiger partial charge is 0.177 e. The first-order valence-electron chi connectivity index (χ1n) is 7.63. The summed E-state index contributed by atoms with van der Waals surface area (Å²) in [5, 5.41) is 8.98. The molecule has 0 spiro atoms. The van der Waals surface area contributed by atoms with Gasteiger partial charge in [0.1, 0.15) is 0 Å². The van der Waals surface area contributed by atoms with E-state index in [0.29, 0.717) is 10.6 Å². The van der Waals surface area contributed by atoms with E-state index in [1.54, 1.807) is 6.07 Å². The second-order valence-corrected chi connectivity index (χ2v) is 5.88. The van der Waals surface area contributed by atoms with Crippen molar-refractivity contribution >= 4 is 28.4 Å². The number of hydrogen-bond acceptors (Lipinski definition) is 3. The van der Waals surface area contributed by atoms with Crippen molar-refractivity contribution in [1.29, 1.82) is 0 Å². The molecule has 0 saturated heterocycles. The molecule has 0 aliphatic heterocycles. The summed E-state index contributed by atoms with van der Waals surface area (Å²) in [6, 6.07) is 14.3. The van der Waals surface area contributed by atoms with E-state index in [4.69, 9.17) is 16.1 Å².